The average molecular weight is 243 g/mol. The number of hydrogen-bond acceptors (Lipinski definition) is 3. The standard InChI is InChI=1S/C14H29NO2/c1-4-5-6-7-8-9-10-11-12-15-13-14(16-2)17-3/h8-9,14-15H,4-7,10-13H2,1-3H3. The van der Waals surface area contributed by atoms with Gasteiger partial charge in [0.2, 0.25) is 0 Å². The van der Waals surface area contributed by atoms with Gasteiger partial charge in [-0.05, 0) is 32.2 Å². The highest BCUT2D eigenvalue weighted by molar-refractivity contribution is 4.81. The topological polar surface area (TPSA) is 30.5 Å². The summed E-state index contributed by atoms with van der Waals surface area (Å²) in [5, 5.41) is 3.31. The van der Waals surface area contributed by atoms with Crippen LogP contribution in [0.1, 0.15) is 45.4 Å². The van der Waals surface area contributed by atoms with Crippen LogP contribution in [0.3, 0.4) is 0 Å². The quantitative estimate of drug-likeness (QED) is 0.324. The second kappa shape index (κ2) is 13.7. The molecule has 0 aromatic carbocycles. The van der Waals surface area contributed by atoms with Crippen LogP contribution in [0.4, 0.5) is 0 Å². The fraction of sp³-hybridized carbons (Fsp3) is 0.857. The first kappa shape index (κ1) is 16.6. The molecule has 0 radical (unpaired) electrons. The molecule has 0 aliphatic rings. The van der Waals surface area contributed by atoms with Gasteiger partial charge in [0.25, 0.3) is 0 Å². The lowest BCUT2D eigenvalue weighted by Crippen LogP contribution is -2.30. The van der Waals surface area contributed by atoms with E-state index < -0.39 is 0 Å². The minimum absolute atomic E-state index is 0.125. The SMILES string of the molecule is CCCCCC=CCCCNCC(OC)OC. The highest BCUT2D eigenvalue weighted by Crippen LogP contribution is 2.00. The summed E-state index contributed by atoms with van der Waals surface area (Å²) >= 11 is 0. The molecule has 0 bridgehead atoms. The van der Waals surface area contributed by atoms with E-state index in [-0.39, 0.29) is 6.29 Å². The van der Waals surface area contributed by atoms with Crippen molar-refractivity contribution in [3.8, 4) is 0 Å². The molecule has 0 fully saturated rings. The molecule has 0 saturated carbocycles. The molecule has 1 N–H and O–H groups in total. The number of ether oxygens (including phenoxy) is 2. The molecular weight excluding hydrogens is 214 g/mol. The van der Waals surface area contributed by atoms with E-state index in [9.17, 15) is 0 Å². The largest absolute Gasteiger partial charge is 0.355 e. The van der Waals surface area contributed by atoms with E-state index in [1.807, 2.05) is 0 Å². The molecule has 3 heteroatoms. The lowest BCUT2D eigenvalue weighted by Gasteiger charge is -2.13. The van der Waals surface area contributed by atoms with E-state index in [0.717, 1.165) is 19.5 Å². The number of hydrogen-bond donors (Lipinski definition) is 1. The van der Waals surface area contributed by atoms with Crippen LogP contribution in [0.5, 0.6) is 0 Å². The maximum absolute atomic E-state index is 5.08. The van der Waals surface area contributed by atoms with Gasteiger partial charge < -0.3 is 14.8 Å². The second-order valence-corrected chi connectivity index (χ2v) is 4.21. The van der Waals surface area contributed by atoms with E-state index in [1.54, 1.807) is 14.2 Å². The first-order valence-electron chi connectivity index (χ1n) is 6.76. The molecule has 0 saturated heterocycles. The highest BCUT2D eigenvalue weighted by Gasteiger charge is 2.01. The second-order valence-electron chi connectivity index (χ2n) is 4.21. The highest BCUT2D eigenvalue weighted by atomic mass is 16.7. The molecule has 0 atom stereocenters. The molecule has 0 amide bonds. The summed E-state index contributed by atoms with van der Waals surface area (Å²) in [5.74, 6) is 0. The van der Waals surface area contributed by atoms with Gasteiger partial charge in [0, 0.05) is 20.8 Å². The van der Waals surface area contributed by atoms with Crippen molar-refractivity contribution in [1.82, 2.24) is 5.32 Å². The van der Waals surface area contributed by atoms with Gasteiger partial charge in [0.15, 0.2) is 6.29 Å². The van der Waals surface area contributed by atoms with Gasteiger partial charge in [-0.15, -0.1) is 0 Å². The van der Waals surface area contributed by atoms with Crippen LogP contribution < -0.4 is 5.32 Å². The fourth-order valence-corrected chi connectivity index (χ4v) is 1.58. The zero-order chi connectivity index (χ0) is 12.8. The van der Waals surface area contributed by atoms with Crippen molar-refractivity contribution < 1.29 is 9.47 Å². The maximum atomic E-state index is 5.08. The lowest BCUT2D eigenvalue weighted by atomic mass is 10.2. The van der Waals surface area contributed by atoms with Crippen LogP contribution in [0.15, 0.2) is 12.2 Å². The zero-order valence-electron chi connectivity index (χ0n) is 11.7. The summed E-state index contributed by atoms with van der Waals surface area (Å²) in [4.78, 5) is 0. The van der Waals surface area contributed by atoms with Gasteiger partial charge >= 0.3 is 0 Å². The van der Waals surface area contributed by atoms with Crippen LogP contribution in [-0.2, 0) is 9.47 Å². The molecule has 3 nitrogen and oxygen atoms in total. The summed E-state index contributed by atoms with van der Waals surface area (Å²) in [6.45, 7) is 4.01. The van der Waals surface area contributed by atoms with Crippen LogP contribution in [0.25, 0.3) is 0 Å². The molecule has 0 aliphatic heterocycles. The van der Waals surface area contributed by atoms with Gasteiger partial charge in [0.05, 0.1) is 0 Å². The Kier molecular flexibility index (Phi) is 13.4. The first-order chi connectivity index (χ1) is 8.35. The van der Waals surface area contributed by atoms with E-state index in [2.05, 4.69) is 24.4 Å². The third-order valence-electron chi connectivity index (χ3n) is 2.70. The predicted octanol–water partition coefficient (Wildman–Crippen LogP) is 3.11. The zero-order valence-corrected chi connectivity index (χ0v) is 11.7. The molecule has 0 aromatic rings. The molecule has 0 spiro atoms. The Balaban J connectivity index is 3.17. The summed E-state index contributed by atoms with van der Waals surface area (Å²) < 4.78 is 10.2. The van der Waals surface area contributed by atoms with Crippen LogP contribution in [0.2, 0.25) is 0 Å². The van der Waals surface area contributed by atoms with Crippen LogP contribution in [-0.4, -0.2) is 33.6 Å². The average Bonchev–Trinajstić information content (AvgIpc) is 2.36. The van der Waals surface area contributed by atoms with Crippen molar-refractivity contribution in [3.05, 3.63) is 12.2 Å². The summed E-state index contributed by atoms with van der Waals surface area (Å²) in [5.41, 5.74) is 0. The molecule has 0 heterocycles. The van der Waals surface area contributed by atoms with E-state index >= 15 is 0 Å². The minimum Gasteiger partial charge on any atom is -0.355 e. The lowest BCUT2D eigenvalue weighted by molar-refractivity contribution is -0.0986. The number of unbranched alkanes of at least 4 members (excludes halogenated alkanes) is 4. The summed E-state index contributed by atoms with van der Waals surface area (Å²) in [7, 11) is 3.32. The van der Waals surface area contributed by atoms with Gasteiger partial charge in [0.1, 0.15) is 0 Å². The minimum atomic E-state index is -0.125. The Morgan fingerprint density at radius 2 is 1.65 bits per heavy atom. The predicted molar refractivity (Wildman–Crippen MR) is 73.2 cm³/mol. The van der Waals surface area contributed by atoms with E-state index in [1.165, 1.54) is 32.1 Å². The first-order valence-corrected chi connectivity index (χ1v) is 6.76. The number of rotatable bonds is 12. The number of allylic oxidation sites excluding steroid dienone is 2. The summed E-state index contributed by atoms with van der Waals surface area (Å²) in [6, 6.07) is 0. The summed E-state index contributed by atoms with van der Waals surface area (Å²) in [6.07, 6.45) is 12.0. The number of nitrogens with one attached hydrogen (secondary N) is 1. The Morgan fingerprint density at radius 3 is 2.24 bits per heavy atom. The third kappa shape index (κ3) is 11.9. The van der Waals surface area contributed by atoms with Crippen molar-refractivity contribution in [1.29, 1.82) is 0 Å². The van der Waals surface area contributed by atoms with Crippen molar-refractivity contribution in [3.63, 3.8) is 0 Å². The molecule has 0 aliphatic carbocycles. The number of methoxy groups -OCH3 is 2. The van der Waals surface area contributed by atoms with Crippen molar-refractivity contribution in [2.45, 2.75) is 51.7 Å². The van der Waals surface area contributed by atoms with Crippen LogP contribution >= 0.6 is 0 Å². The van der Waals surface area contributed by atoms with Crippen molar-refractivity contribution in [2.75, 3.05) is 27.3 Å². The Labute approximate surface area is 107 Å². The third-order valence-corrected chi connectivity index (χ3v) is 2.70. The molecule has 17 heavy (non-hydrogen) atoms. The molecule has 0 aromatic heterocycles. The fourth-order valence-electron chi connectivity index (χ4n) is 1.58. The van der Waals surface area contributed by atoms with Crippen molar-refractivity contribution >= 4 is 0 Å². The van der Waals surface area contributed by atoms with Gasteiger partial charge in [-0.25, -0.2) is 0 Å². The normalized spacial score (nSPS) is 11.8. The van der Waals surface area contributed by atoms with Crippen molar-refractivity contribution in [2.24, 2.45) is 0 Å². The Hall–Kier alpha value is -0.380. The Morgan fingerprint density at radius 1 is 1.00 bits per heavy atom. The molecule has 0 unspecified atom stereocenters. The van der Waals surface area contributed by atoms with Gasteiger partial charge in [-0.2, -0.15) is 0 Å². The Bertz CT molecular complexity index is 168. The molecule has 102 valence electrons. The van der Waals surface area contributed by atoms with E-state index in [4.69, 9.17) is 9.47 Å². The molecule has 0 rings (SSSR count). The smallest absolute Gasteiger partial charge is 0.169 e. The molecular formula is C14H29NO2. The maximum Gasteiger partial charge on any atom is 0.169 e. The van der Waals surface area contributed by atoms with Crippen LogP contribution in [0, 0.1) is 0 Å². The monoisotopic (exact) mass is 243 g/mol. The van der Waals surface area contributed by atoms with E-state index in [0.29, 0.717) is 0 Å². The van der Waals surface area contributed by atoms with Gasteiger partial charge in [-0.1, -0.05) is 31.9 Å². The van der Waals surface area contributed by atoms with Gasteiger partial charge in [-0.3, -0.25) is 0 Å².